The van der Waals surface area contributed by atoms with E-state index in [2.05, 4.69) is 152 Å². The van der Waals surface area contributed by atoms with E-state index in [1.54, 1.807) is 0 Å². The molecule has 10 heteroatoms. The first kappa shape index (κ1) is 62.2. The van der Waals surface area contributed by atoms with Crippen LogP contribution >= 0.6 is 0 Å². The zero-order valence-corrected chi connectivity index (χ0v) is 58.7. The number of unbranched alkanes of at least 4 members (excludes halogenated alkanes) is 4. The molecule has 7 aromatic rings. The van der Waals surface area contributed by atoms with Crippen LogP contribution in [0.5, 0.6) is 11.5 Å². The third-order valence-corrected chi connectivity index (χ3v) is 23.4. The van der Waals surface area contributed by atoms with E-state index in [4.69, 9.17) is 29.4 Å². The van der Waals surface area contributed by atoms with Crippen LogP contribution in [-0.2, 0) is 25.7 Å². The van der Waals surface area contributed by atoms with Gasteiger partial charge in [-0.05, 0) is 268 Å². The van der Waals surface area contributed by atoms with Gasteiger partial charge >= 0.3 is 0 Å². The molecular formula is C84H98N8O2. The lowest BCUT2D eigenvalue weighted by Gasteiger charge is -2.46. The van der Waals surface area contributed by atoms with Crippen molar-refractivity contribution in [1.29, 1.82) is 0 Å². The summed E-state index contributed by atoms with van der Waals surface area (Å²) < 4.78 is 14.3. The van der Waals surface area contributed by atoms with Crippen molar-refractivity contribution >= 4 is 88.7 Å². The van der Waals surface area contributed by atoms with Crippen molar-refractivity contribution in [3.8, 4) is 11.5 Å². The van der Waals surface area contributed by atoms with Crippen LogP contribution in [0.15, 0.2) is 48.5 Å². The summed E-state index contributed by atoms with van der Waals surface area (Å²) >= 11 is 0. The second-order valence-corrected chi connectivity index (χ2v) is 28.4. The minimum Gasteiger partial charge on any atom is -0.496 e. The molecule has 4 atom stereocenters. The monoisotopic (exact) mass is 1250 g/mol. The van der Waals surface area contributed by atoms with Crippen LogP contribution in [0.4, 0.5) is 0 Å². The fraction of sp³-hybridized carbons (Fsp3) is 0.452. The van der Waals surface area contributed by atoms with Crippen molar-refractivity contribution in [2.24, 2.45) is 0 Å². The highest BCUT2D eigenvalue weighted by Crippen LogP contribution is 2.68. The Morgan fingerprint density at radius 2 is 0.521 bits per heavy atom. The first-order chi connectivity index (χ1) is 45.8. The van der Waals surface area contributed by atoms with Crippen LogP contribution < -0.4 is 9.47 Å². The fourth-order valence-corrected chi connectivity index (χ4v) is 18.8. The second-order valence-electron chi connectivity index (χ2n) is 28.4. The number of ether oxygens (including phenoxy) is 2. The van der Waals surface area contributed by atoms with E-state index in [0.29, 0.717) is 0 Å². The summed E-state index contributed by atoms with van der Waals surface area (Å²) in [5, 5.41) is 0. The minimum absolute atomic E-state index is 0.0544. The molecule has 10 aliphatic rings. The molecule has 6 aliphatic carbocycles. The number of aromatic nitrogens is 8. The number of H-pyrrole nitrogens is 4. The molecule has 4 aliphatic heterocycles. The number of nitrogens with zero attached hydrogens (tertiary/aromatic N) is 4. The van der Waals surface area contributed by atoms with Gasteiger partial charge in [-0.2, -0.15) is 0 Å². The van der Waals surface area contributed by atoms with E-state index in [0.717, 1.165) is 208 Å². The molecule has 17 rings (SSSR count). The van der Waals surface area contributed by atoms with Gasteiger partial charge in [0.25, 0.3) is 0 Å². The van der Waals surface area contributed by atoms with Crippen LogP contribution in [0.1, 0.15) is 322 Å². The lowest BCUT2D eigenvalue weighted by molar-refractivity contribution is 0.352. The molecule has 94 heavy (non-hydrogen) atoms. The van der Waals surface area contributed by atoms with Gasteiger partial charge in [0.05, 0.1) is 59.8 Å². The smallest absolute Gasteiger partial charge is 0.127 e. The molecule has 0 radical (unpaired) electrons. The molecule has 0 saturated heterocycles. The van der Waals surface area contributed by atoms with Gasteiger partial charge in [-0.1, -0.05) is 81.1 Å². The lowest BCUT2D eigenvalue weighted by Crippen LogP contribution is -2.31. The summed E-state index contributed by atoms with van der Waals surface area (Å²) in [6, 6.07) is 19.1. The number of allylic oxidation sites excluding steroid dienone is 8. The van der Waals surface area contributed by atoms with Crippen LogP contribution in [0, 0.1) is 0 Å². The quantitative estimate of drug-likeness (QED) is 0.0676. The van der Waals surface area contributed by atoms with Crippen molar-refractivity contribution in [3.05, 3.63) is 161 Å². The van der Waals surface area contributed by atoms with E-state index in [-0.39, 0.29) is 23.7 Å². The summed E-state index contributed by atoms with van der Waals surface area (Å²) in [6.07, 6.45) is 20.7. The van der Waals surface area contributed by atoms with E-state index < -0.39 is 0 Å². The van der Waals surface area contributed by atoms with E-state index in [9.17, 15) is 0 Å². The highest BCUT2D eigenvalue weighted by Gasteiger charge is 2.51. The van der Waals surface area contributed by atoms with E-state index >= 15 is 0 Å². The molecule has 1 aromatic carbocycles. The van der Waals surface area contributed by atoms with Gasteiger partial charge in [0.2, 0.25) is 0 Å². The summed E-state index contributed by atoms with van der Waals surface area (Å²) in [7, 11) is 3.90. The van der Waals surface area contributed by atoms with Gasteiger partial charge in [0, 0.05) is 90.1 Å². The molecule has 10 nitrogen and oxygen atoms in total. The topological polar surface area (TPSA) is 133 Å². The summed E-state index contributed by atoms with van der Waals surface area (Å²) in [5.41, 5.74) is 44.5. The molecule has 6 aromatic heterocycles. The first-order valence-corrected chi connectivity index (χ1v) is 36.6. The Balaban J connectivity index is 1.00. The molecule has 0 saturated carbocycles. The molecule has 20 bridgehead atoms. The Labute approximate surface area is 556 Å². The standard InChI is InChI=1S/C84H98N8O2/c1-15-23-27-51-43(9)59-35-71-75-55-31-32-56(76(75)72(91-71)36-60-44(10)52(28-24-16-2)68(86-60)40-64-48(20-6)47(19-5)63(89-64)39-67(51)85-59)80-79(55)83(93-13)81-57-33-34-58(82(81)84(80)94-14)78-74-38-62-46(12)54(30-26-18-4)70(88-62)42-66-50(22-8)49(21-7)65(90-66)41-69-53(29-25-17-3)45(11)61(87-69)37-73(92-74)77(57)78/h35-42,55-58,89-92H,15-34H2,1-14H3/t55-,56+,57-,58+. The Morgan fingerprint density at radius 1 is 0.309 bits per heavy atom. The van der Waals surface area contributed by atoms with Gasteiger partial charge in [-0.25, -0.2) is 19.9 Å². The normalized spacial score (nSPS) is 18.4. The van der Waals surface area contributed by atoms with Gasteiger partial charge in [0.1, 0.15) is 11.5 Å². The number of rotatable bonds is 18. The van der Waals surface area contributed by atoms with Crippen molar-refractivity contribution < 1.29 is 9.47 Å². The van der Waals surface area contributed by atoms with Crippen LogP contribution in [0.25, 0.3) is 88.7 Å². The summed E-state index contributed by atoms with van der Waals surface area (Å²) in [6.45, 7) is 27.7. The summed E-state index contributed by atoms with van der Waals surface area (Å²) in [5.74, 6) is 2.32. The predicted octanol–water partition coefficient (Wildman–Crippen LogP) is 22.4. The molecule has 4 N–H and O–H groups in total. The Hall–Kier alpha value is -7.98. The Kier molecular flexibility index (Phi) is 16.3. The molecular weight excluding hydrogens is 1150 g/mol. The highest BCUT2D eigenvalue weighted by atomic mass is 16.5. The number of aryl methyl sites for hydroxylation is 4. The number of hydrogen-bond acceptors (Lipinski definition) is 6. The average Bonchev–Trinajstić information content (AvgIpc) is 1.17. The highest BCUT2D eigenvalue weighted by molar-refractivity contribution is 5.98. The third kappa shape index (κ3) is 9.57. The van der Waals surface area contributed by atoms with Crippen molar-refractivity contribution in [2.75, 3.05) is 14.2 Å². The largest absolute Gasteiger partial charge is 0.496 e. The van der Waals surface area contributed by atoms with Crippen molar-refractivity contribution in [3.63, 3.8) is 0 Å². The lowest BCUT2D eigenvalue weighted by atomic mass is 9.58. The third-order valence-electron chi connectivity index (χ3n) is 23.4. The zero-order chi connectivity index (χ0) is 65.1. The Bertz CT molecular complexity index is 4240. The van der Waals surface area contributed by atoms with Crippen LogP contribution in [0.3, 0.4) is 0 Å². The number of benzene rings is 1. The van der Waals surface area contributed by atoms with Crippen LogP contribution in [-0.4, -0.2) is 54.1 Å². The maximum absolute atomic E-state index is 7.15. The number of aromatic amines is 4. The predicted molar refractivity (Wildman–Crippen MR) is 393 cm³/mol. The molecule has 486 valence electrons. The molecule has 0 amide bonds. The van der Waals surface area contributed by atoms with Gasteiger partial charge in [-0.15, -0.1) is 0 Å². The number of fused-ring (bicyclic) bond motifs is 18. The molecule has 0 fully saturated rings. The van der Waals surface area contributed by atoms with Gasteiger partial charge < -0.3 is 29.4 Å². The fourth-order valence-electron chi connectivity index (χ4n) is 18.8. The first-order valence-electron chi connectivity index (χ1n) is 36.6. The number of hydrogen-bond donors (Lipinski definition) is 4. The van der Waals surface area contributed by atoms with E-state index in [1.165, 1.54) is 133 Å². The Morgan fingerprint density at radius 3 is 0.723 bits per heavy atom. The van der Waals surface area contributed by atoms with Gasteiger partial charge in [0.15, 0.2) is 0 Å². The minimum atomic E-state index is 0.0544. The zero-order valence-electron chi connectivity index (χ0n) is 58.7. The SMILES string of the molecule is CCCCC1=C(C)c2cc3[nH]c(cc4nc(cc5[nH]c(cc1n2)c(CC)c5CC)C(CCCC)=C4C)c1c3[C@@H]2CC[C@H]1c1c(OC)c3c(c(OC)c12)[C@H]1CC[C@@H]3c2c1c1cc3nc(cc4[nH]c(cc5nc(cc2[nH]1)C(C)=C5CCCC)c(CC)c4CC)C(CCCC)=C3C. The van der Waals surface area contributed by atoms with E-state index in [1.807, 2.05) is 14.2 Å². The number of nitrogens with one attached hydrogen (secondary N) is 4. The van der Waals surface area contributed by atoms with Crippen molar-refractivity contribution in [2.45, 2.75) is 235 Å². The van der Waals surface area contributed by atoms with Crippen LogP contribution in [0.2, 0.25) is 0 Å². The van der Waals surface area contributed by atoms with Gasteiger partial charge in [-0.3, -0.25) is 0 Å². The summed E-state index contributed by atoms with van der Waals surface area (Å²) in [4.78, 5) is 39.1. The molecule has 0 unspecified atom stereocenters. The maximum atomic E-state index is 7.15. The van der Waals surface area contributed by atoms with Crippen molar-refractivity contribution in [1.82, 2.24) is 39.9 Å². The molecule has 0 spiro atoms. The second kappa shape index (κ2) is 24.7. The maximum Gasteiger partial charge on any atom is 0.127 e. The number of methoxy groups -OCH3 is 2. The average molecular weight is 1250 g/mol. The molecule has 10 heterocycles.